The molecule has 2 N–H and O–H groups in total. The molecule has 0 radical (unpaired) electrons. The molecule has 98 valence electrons. The van der Waals surface area contributed by atoms with Crippen molar-refractivity contribution >= 4 is 33.2 Å². The molecule has 0 aliphatic carbocycles. The van der Waals surface area contributed by atoms with Crippen LogP contribution >= 0.6 is 15.9 Å². The monoisotopic (exact) mass is 322 g/mol. The molecule has 2 aromatic carbocycles. The van der Waals surface area contributed by atoms with E-state index in [1.807, 2.05) is 18.2 Å². The first-order valence-corrected chi connectivity index (χ1v) is 6.47. The van der Waals surface area contributed by atoms with E-state index in [9.17, 15) is 9.18 Å². The standard InChI is InChI=1S/C14H12BrFN2O/c15-10-2-1-3-13(8-10)18-14(19)9-17-12-6-4-11(16)5-7-12/h1-8,17H,9H2,(H,18,19). The summed E-state index contributed by atoms with van der Waals surface area (Å²) >= 11 is 3.33. The van der Waals surface area contributed by atoms with Gasteiger partial charge in [-0.3, -0.25) is 4.79 Å². The first-order chi connectivity index (χ1) is 9.13. The molecule has 0 aliphatic heterocycles. The molecule has 19 heavy (non-hydrogen) atoms. The summed E-state index contributed by atoms with van der Waals surface area (Å²) in [7, 11) is 0. The fourth-order valence-electron chi connectivity index (χ4n) is 1.52. The third-order valence-corrected chi connectivity index (χ3v) is 2.90. The predicted molar refractivity (Wildman–Crippen MR) is 77.7 cm³/mol. The molecule has 0 atom stereocenters. The zero-order valence-corrected chi connectivity index (χ0v) is 11.6. The van der Waals surface area contributed by atoms with Crippen LogP contribution in [0.1, 0.15) is 0 Å². The van der Waals surface area contributed by atoms with Gasteiger partial charge in [0, 0.05) is 15.8 Å². The number of rotatable bonds is 4. The number of benzene rings is 2. The van der Waals surface area contributed by atoms with Crippen LogP contribution in [0.15, 0.2) is 53.0 Å². The highest BCUT2D eigenvalue weighted by Crippen LogP contribution is 2.15. The molecule has 0 bridgehead atoms. The second-order valence-corrected chi connectivity index (χ2v) is 4.83. The van der Waals surface area contributed by atoms with Crippen molar-refractivity contribution < 1.29 is 9.18 Å². The lowest BCUT2D eigenvalue weighted by Gasteiger charge is -2.08. The summed E-state index contributed by atoms with van der Waals surface area (Å²) in [5, 5.41) is 5.67. The first-order valence-electron chi connectivity index (χ1n) is 5.68. The molecule has 0 heterocycles. The molecule has 2 aromatic rings. The molecule has 0 aliphatic rings. The van der Waals surface area contributed by atoms with Gasteiger partial charge in [-0.2, -0.15) is 0 Å². The summed E-state index contributed by atoms with van der Waals surface area (Å²) in [6.45, 7) is 0.123. The van der Waals surface area contributed by atoms with E-state index in [0.29, 0.717) is 5.69 Å². The number of carbonyl (C=O) groups excluding carboxylic acids is 1. The van der Waals surface area contributed by atoms with E-state index < -0.39 is 0 Å². The highest BCUT2D eigenvalue weighted by molar-refractivity contribution is 9.10. The van der Waals surface area contributed by atoms with Crippen LogP contribution in [0.25, 0.3) is 0 Å². The van der Waals surface area contributed by atoms with Crippen molar-refractivity contribution in [3.63, 3.8) is 0 Å². The molecular formula is C14H12BrFN2O. The Labute approximate surface area is 119 Å². The van der Waals surface area contributed by atoms with Crippen LogP contribution in [-0.2, 0) is 4.79 Å². The molecule has 0 aromatic heterocycles. The zero-order valence-electron chi connectivity index (χ0n) is 9.99. The fraction of sp³-hybridized carbons (Fsp3) is 0.0714. The van der Waals surface area contributed by atoms with E-state index in [1.54, 1.807) is 18.2 Å². The number of halogens is 2. The van der Waals surface area contributed by atoms with Crippen LogP contribution in [0.2, 0.25) is 0 Å². The fourth-order valence-corrected chi connectivity index (χ4v) is 1.92. The minimum atomic E-state index is -0.302. The van der Waals surface area contributed by atoms with Gasteiger partial charge >= 0.3 is 0 Å². The van der Waals surface area contributed by atoms with Crippen LogP contribution in [0.4, 0.5) is 15.8 Å². The number of hydrogen-bond acceptors (Lipinski definition) is 2. The summed E-state index contributed by atoms with van der Waals surface area (Å²) < 4.78 is 13.6. The number of anilines is 2. The lowest BCUT2D eigenvalue weighted by molar-refractivity contribution is -0.114. The molecule has 0 spiro atoms. The summed E-state index contributed by atoms with van der Waals surface area (Å²) in [6, 6.07) is 13.2. The Kier molecular flexibility index (Phi) is 4.52. The Morgan fingerprint density at radius 1 is 1.11 bits per heavy atom. The molecule has 3 nitrogen and oxygen atoms in total. The average molecular weight is 323 g/mol. The second-order valence-electron chi connectivity index (χ2n) is 3.92. The van der Waals surface area contributed by atoms with Gasteiger partial charge in [-0.15, -0.1) is 0 Å². The molecule has 1 amide bonds. The van der Waals surface area contributed by atoms with E-state index in [-0.39, 0.29) is 18.3 Å². The lowest BCUT2D eigenvalue weighted by atomic mass is 10.3. The van der Waals surface area contributed by atoms with Gasteiger partial charge in [0.05, 0.1) is 6.54 Å². The van der Waals surface area contributed by atoms with E-state index in [4.69, 9.17) is 0 Å². The molecule has 5 heteroatoms. The van der Waals surface area contributed by atoms with Gasteiger partial charge in [0.2, 0.25) is 5.91 Å². The van der Waals surface area contributed by atoms with Crippen molar-refractivity contribution in [2.75, 3.05) is 17.2 Å². The van der Waals surface area contributed by atoms with Crippen LogP contribution in [-0.4, -0.2) is 12.5 Å². The van der Waals surface area contributed by atoms with Crippen LogP contribution in [0.5, 0.6) is 0 Å². The molecule has 0 saturated carbocycles. The van der Waals surface area contributed by atoms with E-state index in [1.165, 1.54) is 12.1 Å². The van der Waals surface area contributed by atoms with Gasteiger partial charge in [-0.05, 0) is 42.5 Å². The minimum Gasteiger partial charge on any atom is -0.376 e. The van der Waals surface area contributed by atoms with Gasteiger partial charge in [-0.25, -0.2) is 4.39 Å². The van der Waals surface area contributed by atoms with Crippen molar-refractivity contribution in [2.24, 2.45) is 0 Å². The molecule has 0 unspecified atom stereocenters. The minimum absolute atomic E-state index is 0.123. The van der Waals surface area contributed by atoms with Crippen LogP contribution in [0.3, 0.4) is 0 Å². The molecule has 0 fully saturated rings. The number of hydrogen-bond donors (Lipinski definition) is 2. The van der Waals surface area contributed by atoms with Crippen molar-refractivity contribution in [2.45, 2.75) is 0 Å². The average Bonchev–Trinajstić information content (AvgIpc) is 2.38. The van der Waals surface area contributed by atoms with Crippen molar-refractivity contribution in [1.82, 2.24) is 0 Å². The number of carbonyl (C=O) groups is 1. The maximum absolute atomic E-state index is 12.7. The Morgan fingerprint density at radius 3 is 2.53 bits per heavy atom. The van der Waals surface area contributed by atoms with E-state index >= 15 is 0 Å². The number of amides is 1. The second kappa shape index (κ2) is 6.33. The van der Waals surface area contributed by atoms with E-state index in [2.05, 4.69) is 26.6 Å². The van der Waals surface area contributed by atoms with Gasteiger partial charge in [-0.1, -0.05) is 22.0 Å². The Hall–Kier alpha value is -1.88. The van der Waals surface area contributed by atoms with Crippen molar-refractivity contribution in [3.05, 3.63) is 58.8 Å². The lowest BCUT2D eigenvalue weighted by Crippen LogP contribution is -2.21. The number of nitrogens with one attached hydrogen (secondary N) is 2. The van der Waals surface area contributed by atoms with E-state index in [0.717, 1.165) is 10.2 Å². The Morgan fingerprint density at radius 2 is 1.84 bits per heavy atom. The predicted octanol–water partition coefficient (Wildman–Crippen LogP) is 3.64. The SMILES string of the molecule is O=C(CNc1ccc(F)cc1)Nc1cccc(Br)c1. The van der Waals surface area contributed by atoms with Crippen molar-refractivity contribution in [1.29, 1.82) is 0 Å². The highest BCUT2D eigenvalue weighted by atomic mass is 79.9. The Bertz CT molecular complexity index is 572. The molecular weight excluding hydrogens is 311 g/mol. The highest BCUT2D eigenvalue weighted by Gasteiger charge is 2.02. The van der Waals surface area contributed by atoms with Crippen LogP contribution < -0.4 is 10.6 Å². The van der Waals surface area contributed by atoms with Crippen molar-refractivity contribution in [3.8, 4) is 0 Å². The largest absolute Gasteiger partial charge is 0.376 e. The normalized spacial score (nSPS) is 10.0. The molecule has 0 saturated heterocycles. The summed E-state index contributed by atoms with van der Waals surface area (Å²) in [4.78, 5) is 11.7. The summed E-state index contributed by atoms with van der Waals surface area (Å²) in [5.41, 5.74) is 1.42. The maximum atomic E-state index is 12.7. The van der Waals surface area contributed by atoms with Crippen LogP contribution in [0, 0.1) is 5.82 Å². The summed E-state index contributed by atoms with van der Waals surface area (Å²) in [5.74, 6) is -0.466. The van der Waals surface area contributed by atoms with Gasteiger partial charge in [0.25, 0.3) is 0 Å². The summed E-state index contributed by atoms with van der Waals surface area (Å²) in [6.07, 6.45) is 0. The topological polar surface area (TPSA) is 41.1 Å². The van der Waals surface area contributed by atoms with Gasteiger partial charge < -0.3 is 10.6 Å². The quantitative estimate of drug-likeness (QED) is 0.902. The maximum Gasteiger partial charge on any atom is 0.243 e. The smallest absolute Gasteiger partial charge is 0.243 e. The molecule has 2 rings (SSSR count). The Balaban J connectivity index is 1.86. The third kappa shape index (κ3) is 4.37. The van der Waals surface area contributed by atoms with Gasteiger partial charge in [0.15, 0.2) is 0 Å². The zero-order chi connectivity index (χ0) is 13.7. The first kappa shape index (κ1) is 13.5. The third-order valence-electron chi connectivity index (χ3n) is 2.41. The van der Waals surface area contributed by atoms with Gasteiger partial charge in [0.1, 0.15) is 5.82 Å².